The van der Waals surface area contributed by atoms with Crippen LogP contribution in [0.1, 0.15) is 15.6 Å². The molecule has 0 atom stereocenters. The Kier molecular flexibility index (Phi) is 9.78. The van der Waals surface area contributed by atoms with Crippen LogP contribution in [0.3, 0.4) is 0 Å². The van der Waals surface area contributed by atoms with E-state index in [0.717, 1.165) is 29.3 Å². The van der Waals surface area contributed by atoms with Crippen molar-refractivity contribution in [2.75, 3.05) is 26.7 Å². The van der Waals surface area contributed by atoms with Crippen molar-refractivity contribution in [2.45, 2.75) is 20.3 Å². The van der Waals surface area contributed by atoms with Crippen LogP contribution in [0, 0.1) is 25.5 Å². The fourth-order valence-corrected chi connectivity index (χ4v) is 3.01. The van der Waals surface area contributed by atoms with Gasteiger partial charge in [0, 0.05) is 31.0 Å². The maximum atomic E-state index is 13.4. The van der Waals surface area contributed by atoms with Gasteiger partial charge in [-0.2, -0.15) is 0 Å². The smallest absolute Gasteiger partial charge is 0.191 e. The van der Waals surface area contributed by atoms with Crippen LogP contribution in [0.15, 0.2) is 23.2 Å². The van der Waals surface area contributed by atoms with Crippen LogP contribution in [-0.2, 0) is 6.42 Å². The summed E-state index contributed by atoms with van der Waals surface area (Å²) in [6.07, 6.45) is 0.817. The largest absolute Gasteiger partial charge is 0.489 e. The lowest BCUT2D eigenvalue weighted by atomic mass is 10.3. The Morgan fingerprint density at radius 2 is 1.96 bits per heavy atom. The summed E-state index contributed by atoms with van der Waals surface area (Å²) in [7, 11) is 1.67. The molecule has 144 valence electrons. The van der Waals surface area contributed by atoms with Crippen LogP contribution in [0.25, 0.3) is 0 Å². The molecule has 0 aliphatic heterocycles. The standard InChI is InChI=1S/C17H22F2N4OS.HI/c1-11-12(2)25-16(23-11)6-7-21-17(20-3)22-8-9-24-15-5-4-13(18)10-14(15)19;/h4-5,10H,6-9H2,1-3H3,(H2,20,21,22);1H. The highest BCUT2D eigenvalue weighted by molar-refractivity contribution is 14.0. The van der Waals surface area contributed by atoms with Crippen LogP contribution in [0.2, 0.25) is 0 Å². The molecule has 0 fully saturated rings. The van der Waals surface area contributed by atoms with Gasteiger partial charge in [-0.25, -0.2) is 13.8 Å². The average molecular weight is 496 g/mol. The van der Waals surface area contributed by atoms with Crippen molar-refractivity contribution in [1.29, 1.82) is 0 Å². The third kappa shape index (κ3) is 7.02. The number of nitrogens with zero attached hydrogens (tertiary/aromatic N) is 2. The highest BCUT2D eigenvalue weighted by atomic mass is 127. The quantitative estimate of drug-likeness (QED) is 0.267. The topological polar surface area (TPSA) is 58.5 Å². The molecule has 0 radical (unpaired) electrons. The molecule has 0 spiro atoms. The minimum absolute atomic E-state index is 0. The molecule has 9 heteroatoms. The Bertz CT molecular complexity index is 720. The van der Waals surface area contributed by atoms with Crippen molar-refractivity contribution >= 4 is 41.3 Å². The first-order valence-corrected chi connectivity index (χ1v) is 8.76. The van der Waals surface area contributed by atoms with Gasteiger partial charge in [0.25, 0.3) is 0 Å². The summed E-state index contributed by atoms with van der Waals surface area (Å²) in [6.45, 7) is 5.45. The summed E-state index contributed by atoms with van der Waals surface area (Å²) in [5, 5.41) is 7.36. The Hall–Kier alpha value is -1.49. The number of aryl methyl sites for hydroxylation is 2. The summed E-state index contributed by atoms with van der Waals surface area (Å²) in [6, 6.07) is 3.23. The molecule has 0 unspecified atom stereocenters. The normalized spacial score (nSPS) is 11.0. The van der Waals surface area contributed by atoms with Crippen LogP contribution >= 0.6 is 35.3 Å². The van der Waals surface area contributed by atoms with E-state index in [1.165, 1.54) is 10.9 Å². The number of hydrogen-bond donors (Lipinski definition) is 2. The molecular weight excluding hydrogens is 473 g/mol. The van der Waals surface area contributed by atoms with Gasteiger partial charge >= 0.3 is 0 Å². The third-order valence-corrected chi connectivity index (χ3v) is 4.61. The first-order chi connectivity index (χ1) is 12.0. The lowest BCUT2D eigenvalue weighted by Crippen LogP contribution is -2.40. The number of aromatic nitrogens is 1. The second kappa shape index (κ2) is 11.3. The maximum absolute atomic E-state index is 13.4. The van der Waals surface area contributed by atoms with E-state index in [4.69, 9.17) is 4.74 Å². The van der Waals surface area contributed by atoms with Crippen molar-refractivity contribution in [2.24, 2.45) is 4.99 Å². The SMILES string of the molecule is CN=C(NCCOc1ccc(F)cc1F)NCCc1nc(C)c(C)s1.I. The maximum Gasteiger partial charge on any atom is 0.191 e. The number of ether oxygens (including phenoxy) is 1. The highest BCUT2D eigenvalue weighted by Crippen LogP contribution is 2.17. The Labute approximate surface area is 173 Å². The van der Waals surface area contributed by atoms with Crippen LogP contribution in [0.4, 0.5) is 8.78 Å². The lowest BCUT2D eigenvalue weighted by Gasteiger charge is -2.12. The van der Waals surface area contributed by atoms with E-state index in [-0.39, 0.29) is 36.3 Å². The fourth-order valence-electron chi connectivity index (χ4n) is 2.08. The molecule has 2 aromatic rings. The molecule has 0 aliphatic carbocycles. The number of halogens is 3. The van der Waals surface area contributed by atoms with E-state index in [2.05, 4.69) is 27.5 Å². The molecule has 0 amide bonds. The monoisotopic (exact) mass is 496 g/mol. The van der Waals surface area contributed by atoms with Crippen LogP contribution in [-0.4, -0.2) is 37.7 Å². The Morgan fingerprint density at radius 1 is 1.23 bits per heavy atom. The first kappa shape index (κ1) is 22.6. The molecule has 0 aliphatic rings. The number of rotatable bonds is 7. The molecule has 1 aromatic carbocycles. The third-order valence-electron chi connectivity index (χ3n) is 3.47. The van der Waals surface area contributed by atoms with Gasteiger partial charge in [0.15, 0.2) is 17.5 Å². The predicted octanol–water partition coefficient (Wildman–Crippen LogP) is 3.44. The van der Waals surface area contributed by atoms with Crippen molar-refractivity contribution in [3.05, 3.63) is 45.4 Å². The summed E-state index contributed by atoms with van der Waals surface area (Å²) < 4.78 is 31.5. The number of thiazole rings is 1. The molecule has 0 bridgehead atoms. The molecule has 1 heterocycles. The van der Waals surface area contributed by atoms with Crippen LogP contribution in [0.5, 0.6) is 5.75 Å². The lowest BCUT2D eigenvalue weighted by molar-refractivity contribution is 0.304. The molecule has 2 rings (SSSR count). The minimum Gasteiger partial charge on any atom is -0.489 e. The van der Waals surface area contributed by atoms with E-state index in [1.807, 2.05) is 6.92 Å². The second-order valence-corrected chi connectivity index (χ2v) is 6.64. The number of guanidine groups is 1. The molecule has 5 nitrogen and oxygen atoms in total. The predicted molar refractivity (Wildman–Crippen MR) is 112 cm³/mol. The molecular formula is C17H23F2IN4OS. The van der Waals surface area contributed by atoms with Gasteiger partial charge in [-0.05, 0) is 26.0 Å². The molecule has 0 saturated carbocycles. The van der Waals surface area contributed by atoms with Gasteiger partial charge < -0.3 is 15.4 Å². The van der Waals surface area contributed by atoms with Gasteiger partial charge in [0.1, 0.15) is 12.4 Å². The van der Waals surface area contributed by atoms with Crippen molar-refractivity contribution < 1.29 is 13.5 Å². The summed E-state index contributed by atoms with van der Waals surface area (Å²) in [4.78, 5) is 9.84. The van der Waals surface area contributed by atoms with E-state index in [1.54, 1.807) is 18.4 Å². The van der Waals surface area contributed by atoms with E-state index >= 15 is 0 Å². The average Bonchev–Trinajstić information content (AvgIpc) is 2.89. The van der Waals surface area contributed by atoms with Gasteiger partial charge in [-0.15, -0.1) is 35.3 Å². The number of aliphatic imine (C=N–C) groups is 1. The van der Waals surface area contributed by atoms with E-state index in [9.17, 15) is 8.78 Å². The van der Waals surface area contributed by atoms with E-state index in [0.29, 0.717) is 19.0 Å². The Morgan fingerprint density at radius 3 is 2.58 bits per heavy atom. The number of benzene rings is 1. The van der Waals surface area contributed by atoms with Crippen LogP contribution < -0.4 is 15.4 Å². The summed E-state index contributed by atoms with van der Waals surface area (Å²) >= 11 is 1.70. The number of hydrogen-bond acceptors (Lipinski definition) is 4. The van der Waals surface area contributed by atoms with Crippen molar-refractivity contribution in [3.8, 4) is 5.75 Å². The second-order valence-electron chi connectivity index (χ2n) is 5.35. The molecule has 0 saturated heterocycles. The van der Waals surface area contributed by atoms with Gasteiger partial charge in [0.2, 0.25) is 0 Å². The fraction of sp³-hybridized carbons (Fsp3) is 0.412. The zero-order chi connectivity index (χ0) is 18.2. The zero-order valence-corrected chi connectivity index (χ0v) is 18.1. The molecule has 1 aromatic heterocycles. The Balaban J connectivity index is 0.00000338. The zero-order valence-electron chi connectivity index (χ0n) is 14.9. The summed E-state index contributed by atoms with van der Waals surface area (Å²) in [5.74, 6) is -0.677. The van der Waals surface area contributed by atoms with Gasteiger partial charge in [-0.3, -0.25) is 4.99 Å². The first-order valence-electron chi connectivity index (χ1n) is 7.95. The van der Waals surface area contributed by atoms with Crippen molar-refractivity contribution in [3.63, 3.8) is 0 Å². The molecule has 26 heavy (non-hydrogen) atoms. The summed E-state index contributed by atoms with van der Waals surface area (Å²) in [5.41, 5.74) is 1.08. The number of nitrogens with one attached hydrogen (secondary N) is 2. The van der Waals surface area contributed by atoms with E-state index < -0.39 is 11.6 Å². The molecule has 2 N–H and O–H groups in total. The van der Waals surface area contributed by atoms with Gasteiger partial charge in [-0.1, -0.05) is 0 Å². The van der Waals surface area contributed by atoms with Gasteiger partial charge in [0.05, 0.1) is 17.2 Å². The minimum atomic E-state index is -0.712. The highest BCUT2D eigenvalue weighted by Gasteiger charge is 2.06. The van der Waals surface area contributed by atoms with Crippen molar-refractivity contribution in [1.82, 2.24) is 15.6 Å².